The van der Waals surface area contributed by atoms with Crippen LogP contribution in [0.2, 0.25) is 0 Å². The number of hydrogen-bond acceptors (Lipinski definition) is 7. The van der Waals surface area contributed by atoms with E-state index in [2.05, 4.69) is 47.2 Å². The van der Waals surface area contributed by atoms with Crippen molar-refractivity contribution < 1.29 is 10.9 Å². The van der Waals surface area contributed by atoms with Crippen LogP contribution in [-0.4, -0.2) is 45.3 Å². The number of nitrogens with one attached hydrogen (secondary N) is 1. The van der Waals surface area contributed by atoms with E-state index < -0.39 is 0 Å². The van der Waals surface area contributed by atoms with Crippen LogP contribution in [0.3, 0.4) is 0 Å². The molecule has 3 heterocycles. The Bertz CT molecular complexity index is 1250. The number of ether oxygens (including phenoxy) is 2. The molecule has 178 valence electrons. The van der Waals surface area contributed by atoms with Gasteiger partial charge in [0.15, 0.2) is 11.6 Å². The number of nitrogens with zero attached hydrogens (tertiary/aromatic N) is 5. The fraction of sp³-hybridized carbons (Fsp3) is 0.269. The Labute approximate surface area is 201 Å². The van der Waals surface area contributed by atoms with Crippen molar-refractivity contribution in [1.82, 2.24) is 19.5 Å². The lowest BCUT2D eigenvalue weighted by Gasteiger charge is -2.43. The summed E-state index contributed by atoms with van der Waals surface area (Å²) in [5.74, 6) is 2.54. The van der Waals surface area contributed by atoms with E-state index in [1.54, 1.807) is 25.7 Å². The number of aryl methyl sites for hydroxylation is 1. The number of allylic oxidation sites excluding steroid dienone is 2. The molecule has 3 aromatic rings. The molecule has 0 saturated heterocycles. The summed E-state index contributed by atoms with van der Waals surface area (Å²) >= 11 is 0. The zero-order valence-corrected chi connectivity index (χ0v) is 20.1. The predicted molar refractivity (Wildman–Crippen MR) is 138 cm³/mol. The first-order valence-corrected chi connectivity index (χ1v) is 11.1. The van der Waals surface area contributed by atoms with Crippen molar-refractivity contribution in [3.63, 3.8) is 0 Å². The van der Waals surface area contributed by atoms with Gasteiger partial charge in [-0.25, -0.2) is 9.97 Å². The number of imidazole rings is 1. The van der Waals surface area contributed by atoms with Crippen LogP contribution >= 0.6 is 0 Å². The first-order chi connectivity index (χ1) is 16.4. The summed E-state index contributed by atoms with van der Waals surface area (Å²) in [5.41, 5.74) is 3.31. The van der Waals surface area contributed by atoms with Gasteiger partial charge in [0.1, 0.15) is 12.4 Å². The Hall–Kier alpha value is -4.07. The van der Waals surface area contributed by atoms with Gasteiger partial charge in [-0.15, -0.1) is 0 Å². The summed E-state index contributed by atoms with van der Waals surface area (Å²) < 4.78 is 13.4. The lowest BCUT2D eigenvalue weighted by atomic mass is 9.90. The Morgan fingerprint density at radius 2 is 2.12 bits per heavy atom. The van der Waals surface area contributed by atoms with Crippen molar-refractivity contribution in [2.45, 2.75) is 26.3 Å². The highest BCUT2D eigenvalue weighted by atomic mass is 16.5. The summed E-state index contributed by atoms with van der Waals surface area (Å²) in [6, 6.07) is 5.83. The summed E-state index contributed by atoms with van der Waals surface area (Å²) in [7, 11) is 1.65. The van der Waals surface area contributed by atoms with Gasteiger partial charge in [-0.05, 0) is 38.5 Å². The normalized spacial score (nSPS) is 13.6. The maximum Gasteiger partial charge on any atom is 0.229 e. The number of methoxy groups -OCH3 is 1. The largest absolute Gasteiger partial charge is 0.494 e. The molecule has 1 aliphatic heterocycles. The van der Waals surface area contributed by atoms with Gasteiger partial charge in [0.05, 0.1) is 43.1 Å². The second-order valence-corrected chi connectivity index (χ2v) is 8.44. The number of fused-ring (bicyclic) bond motifs is 1. The quantitative estimate of drug-likeness (QED) is 0.460. The Morgan fingerprint density at radius 1 is 1.29 bits per heavy atom. The van der Waals surface area contributed by atoms with Gasteiger partial charge in [-0.2, -0.15) is 4.98 Å². The highest BCUT2D eigenvalue weighted by Gasteiger charge is 2.35. The lowest BCUT2D eigenvalue weighted by Crippen LogP contribution is -2.49. The zero-order valence-electron chi connectivity index (χ0n) is 20.1. The number of aromatic nitrogens is 4. The maximum atomic E-state index is 5.84. The average Bonchev–Trinajstić information content (AvgIpc) is 3.27. The molecule has 0 radical (unpaired) electrons. The van der Waals surface area contributed by atoms with Crippen LogP contribution in [0.5, 0.6) is 11.5 Å². The van der Waals surface area contributed by atoms with E-state index in [4.69, 9.17) is 14.5 Å². The highest BCUT2D eigenvalue weighted by molar-refractivity contribution is 5.65. The molecule has 0 spiro atoms. The van der Waals surface area contributed by atoms with Crippen molar-refractivity contribution in [3.05, 3.63) is 79.6 Å². The number of hydrogen-bond donors (Lipinski definition) is 1. The molecule has 1 aliphatic rings. The predicted octanol–water partition coefficient (Wildman–Crippen LogP) is 5.24. The van der Waals surface area contributed by atoms with Crippen molar-refractivity contribution in [2.24, 2.45) is 0 Å². The van der Waals surface area contributed by atoms with Gasteiger partial charge in [0, 0.05) is 19.4 Å². The number of rotatable bonds is 8. The van der Waals surface area contributed by atoms with Gasteiger partial charge in [0.2, 0.25) is 5.95 Å². The number of anilines is 3. The lowest BCUT2D eigenvalue weighted by molar-refractivity contribution is 0.289. The smallest absolute Gasteiger partial charge is 0.229 e. The third-order valence-corrected chi connectivity index (χ3v) is 5.89. The molecular weight excluding hydrogens is 428 g/mol. The van der Waals surface area contributed by atoms with E-state index in [0.29, 0.717) is 30.6 Å². The Balaban J connectivity index is 0.00000342. The third kappa shape index (κ3) is 4.39. The van der Waals surface area contributed by atoms with Gasteiger partial charge in [-0.3, -0.25) is 0 Å². The second kappa shape index (κ2) is 9.43. The van der Waals surface area contributed by atoms with E-state index in [1.807, 2.05) is 48.0 Å². The van der Waals surface area contributed by atoms with E-state index in [9.17, 15) is 0 Å². The molecule has 0 unspecified atom stereocenters. The van der Waals surface area contributed by atoms with Crippen LogP contribution in [0.1, 0.15) is 21.0 Å². The van der Waals surface area contributed by atoms with E-state index in [0.717, 1.165) is 28.5 Å². The molecule has 1 N–H and O–H groups in total. The van der Waals surface area contributed by atoms with Crippen LogP contribution < -0.4 is 19.7 Å². The maximum absolute atomic E-state index is 5.84. The first kappa shape index (κ1) is 23.1. The summed E-state index contributed by atoms with van der Waals surface area (Å²) in [6.45, 7) is 15.3. The molecular formula is C26H32N6O2. The number of benzene rings is 1. The van der Waals surface area contributed by atoms with Crippen LogP contribution in [0.4, 0.5) is 17.5 Å². The van der Waals surface area contributed by atoms with Crippen molar-refractivity contribution >= 4 is 17.5 Å². The fourth-order valence-corrected chi connectivity index (χ4v) is 4.07. The molecule has 8 heteroatoms. The van der Waals surface area contributed by atoms with E-state index >= 15 is 0 Å². The molecule has 0 fully saturated rings. The Morgan fingerprint density at radius 3 is 2.79 bits per heavy atom. The molecule has 0 bridgehead atoms. The molecule has 34 heavy (non-hydrogen) atoms. The molecule has 1 aromatic carbocycles. The van der Waals surface area contributed by atoms with Crippen LogP contribution in [0, 0.1) is 6.92 Å². The molecule has 2 aromatic heterocycles. The molecule has 0 amide bonds. The van der Waals surface area contributed by atoms with E-state index in [-0.39, 0.29) is 6.97 Å². The van der Waals surface area contributed by atoms with E-state index in [1.165, 1.54) is 0 Å². The molecule has 0 saturated carbocycles. The van der Waals surface area contributed by atoms with Crippen molar-refractivity contribution in [2.75, 3.05) is 30.5 Å². The second-order valence-electron chi connectivity index (χ2n) is 8.44. The van der Waals surface area contributed by atoms with Gasteiger partial charge < -0.3 is 24.3 Å². The van der Waals surface area contributed by atoms with Crippen LogP contribution in [0.25, 0.3) is 5.69 Å². The fourth-order valence-electron chi connectivity index (χ4n) is 4.07. The molecule has 4 rings (SSSR count). The van der Waals surface area contributed by atoms with Gasteiger partial charge >= 0.3 is 0 Å². The van der Waals surface area contributed by atoms with Crippen molar-refractivity contribution in [1.29, 1.82) is 0 Å². The topological polar surface area (TPSA) is 77.3 Å². The minimum atomic E-state index is -0.367. The zero-order chi connectivity index (χ0) is 24.3. The summed E-state index contributed by atoms with van der Waals surface area (Å²) in [6.07, 6.45) is 11.0. The first-order valence-electron chi connectivity index (χ1n) is 11.1. The average molecular weight is 461 g/mol. The summed E-state index contributed by atoms with van der Waals surface area (Å²) in [5, 5.41) is 3.29. The van der Waals surface area contributed by atoms with Crippen LogP contribution in [-0.2, 0) is 0 Å². The SMILES string of the molecule is C=C/C=C(\C=C)C(C)(C)N1CCOc2cnc(Nc3ccc(-n4cnc(C)c4)c(OC)c3)nc21.[HH]. The Kier molecular flexibility index (Phi) is 6.40. The molecule has 0 atom stereocenters. The van der Waals surface area contributed by atoms with Crippen LogP contribution in [0.15, 0.2) is 73.9 Å². The minimum absolute atomic E-state index is 0. The summed E-state index contributed by atoms with van der Waals surface area (Å²) in [4.78, 5) is 15.8. The molecule has 8 nitrogen and oxygen atoms in total. The van der Waals surface area contributed by atoms with Gasteiger partial charge in [-0.1, -0.05) is 31.4 Å². The third-order valence-electron chi connectivity index (χ3n) is 5.89. The molecule has 0 aliphatic carbocycles. The monoisotopic (exact) mass is 460 g/mol. The minimum Gasteiger partial charge on any atom is -0.494 e. The highest BCUT2D eigenvalue weighted by Crippen LogP contribution is 2.38. The van der Waals surface area contributed by atoms with Gasteiger partial charge in [0.25, 0.3) is 0 Å². The standard InChI is InChI=1S/C26H30N6O2.H2/c1-7-9-19(8-2)26(4,5)32-12-13-34-23-15-27-25(30-24(23)32)29-20-10-11-21(22(14-20)33-6)31-16-18(3)28-17-31;/h7-11,14-17H,1-2,12-13H2,3-6H3,(H,27,29,30);1H/b19-9+;. The van der Waals surface area contributed by atoms with Crippen molar-refractivity contribution in [3.8, 4) is 17.2 Å².